The van der Waals surface area contributed by atoms with E-state index in [-0.39, 0.29) is 12.1 Å². The molecule has 72 valence electrons. The zero-order chi connectivity index (χ0) is 10.4. The number of nitriles is 1. The fraction of sp³-hybridized carbons (Fsp3) is 0.250. The van der Waals surface area contributed by atoms with E-state index >= 15 is 0 Å². The first-order chi connectivity index (χ1) is 6.72. The molecule has 1 heterocycles. The van der Waals surface area contributed by atoms with Gasteiger partial charge >= 0.3 is 0 Å². The molecule has 0 aromatic carbocycles. The van der Waals surface area contributed by atoms with E-state index in [0.29, 0.717) is 12.5 Å². The zero-order valence-corrected chi connectivity index (χ0v) is 7.40. The van der Waals surface area contributed by atoms with Gasteiger partial charge in [-0.25, -0.2) is 9.97 Å². The van der Waals surface area contributed by atoms with E-state index in [4.69, 9.17) is 11.0 Å². The van der Waals surface area contributed by atoms with Crippen LogP contribution in [0.4, 0.5) is 5.95 Å². The molecule has 1 aromatic rings. The van der Waals surface area contributed by atoms with Crippen LogP contribution in [0.25, 0.3) is 0 Å². The SMILES string of the molecule is N#Cc1ccnc(NCCC(N)=O)n1. The number of carbonyl (C=O) groups excluding carboxylic acids is 1. The second-order valence-electron chi connectivity index (χ2n) is 2.52. The van der Waals surface area contributed by atoms with Crippen molar-refractivity contribution in [3.8, 4) is 6.07 Å². The first-order valence-corrected chi connectivity index (χ1v) is 3.97. The summed E-state index contributed by atoms with van der Waals surface area (Å²) in [5.74, 6) is -0.0702. The van der Waals surface area contributed by atoms with Crippen LogP contribution >= 0.6 is 0 Å². The van der Waals surface area contributed by atoms with Crippen molar-refractivity contribution in [1.29, 1.82) is 5.26 Å². The minimum Gasteiger partial charge on any atom is -0.370 e. The lowest BCUT2D eigenvalue weighted by molar-refractivity contribution is -0.117. The smallest absolute Gasteiger partial charge is 0.223 e. The third-order valence-corrected chi connectivity index (χ3v) is 1.42. The Balaban J connectivity index is 2.51. The Morgan fingerprint density at radius 2 is 2.50 bits per heavy atom. The molecule has 0 bridgehead atoms. The molecule has 1 amide bonds. The van der Waals surface area contributed by atoms with Gasteiger partial charge in [-0.15, -0.1) is 0 Å². The molecule has 0 unspecified atom stereocenters. The van der Waals surface area contributed by atoms with Gasteiger partial charge in [-0.2, -0.15) is 5.26 Å². The minimum atomic E-state index is -0.395. The molecular formula is C8H9N5O. The normalized spacial score (nSPS) is 9.07. The summed E-state index contributed by atoms with van der Waals surface area (Å²) in [7, 11) is 0. The molecule has 3 N–H and O–H groups in total. The quantitative estimate of drug-likeness (QED) is 0.675. The molecule has 0 atom stereocenters. The first-order valence-electron chi connectivity index (χ1n) is 3.97. The minimum absolute atomic E-state index is 0.208. The van der Waals surface area contributed by atoms with Gasteiger partial charge in [0.2, 0.25) is 11.9 Å². The van der Waals surface area contributed by atoms with E-state index in [2.05, 4.69) is 15.3 Å². The molecule has 0 fully saturated rings. The van der Waals surface area contributed by atoms with Gasteiger partial charge in [0, 0.05) is 19.2 Å². The van der Waals surface area contributed by atoms with Crippen LogP contribution in [0.5, 0.6) is 0 Å². The Hall–Kier alpha value is -2.16. The number of hydrogen-bond acceptors (Lipinski definition) is 5. The molecule has 0 spiro atoms. The maximum absolute atomic E-state index is 10.4. The van der Waals surface area contributed by atoms with Crippen LogP contribution in [0.3, 0.4) is 0 Å². The number of nitrogens with one attached hydrogen (secondary N) is 1. The Morgan fingerprint density at radius 1 is 1.71 bits per heavy atom. The Bertz CT molecular complexity index is 370. The van der Waals surface area contributed by atoms with Crippen LogP contribution in [0.1, 0.15) is 12.1 Å². The van der Waals surface area contributed by atoms with E-state index < -0.39 is 5.91 Å². The predicted octanol–water partition coefficient (Wildman–Crippen LogP) is -0.364. The molecule has 0 radical (unpaired) electrons. The zero-order valence-electron chi connectivity index (χ0n) is 7.40. The molecule has 0 aliphatic carbocycles. The van der Waals surface area contributed by atoms with Crippen LogP contribution < -0.4 is 11.1 Å². The van der Waals surface area contributed by atoms with Crippen molar-refractivity contribution >= 4 is 11.9 Å². The number of primary amides is 1. The van der Waals surface area contributed by atoms with Crippen molar-refractivity contribution in [2.75, 3.05) is 11.9 Å². The van der Waals surface area contributed by atoms with Crippen LogP contribution in [0.2, 0.25) is 0 Å². The Labute approximate surface area is 80.8 Å². The molecule has 0 aliphatic heterocycles. The predicted molar refractivity (Wildman–Crippen MR) is 49.0 cm³/mol. The van der Waals surface area contributed by atoms with Crippen molar-refractivity contribution in [3.05, 3.63) is 18.0 Å². The number of amides is 1. The number of carbonyl (C=O) groups is 1. The summed E-state index contributed by atoms with van der Waals surface area (Å²) in [5.41, 5.74) is 5.22. The van der Waals surface area contributed by atoms with E-state index in [1.807, 2.05) is 6.07 Å². The van der Waals surface area contributed by atoms with Gasteiger partial charge < -0.3 is 11.1 Å². The van der Waals surface area contributed by atoms with Gasteiger partial charge in [0.1, 0.15) is 11.8 Å². The summed E-state index contributed by atoms with van der Waals surface area (Å²) in [5, 5.41) is 11.3. The van der Waals surface area contributed by atoms with Gasteiger partial charge in [0.15, 0.2) is 0 Å². The molecule has 1 rings (SSSR count). The van der Waals surface area contributed by atoms with Crippen LogP contribution in [0, 0.1) is 11.3 Å². The van der Waals surface area contributed by atoms with Crippen molar-refractivity contribution < 1.29 is 4.79 Å². The summed E-state index contributed by atoms with van der Waals surface area (Å²) in [6.07, 6.45) is 1.68. The Kier molecular flexibility index (Phi) is 3.38. The second-order valence-corrected chi connectivity index (χ2v) is 2.52. The molecule has 0 saturated heterocycles. The van der Waals surface area contributed by atoms with E-state index in [1.165, 1.54) is 12.3 Å². The van der Waals surface area contributed by atoms with Crippen LogP contribution in [0.15, 0.2) is 12.3 Å². The van der Waals surface area contributed by atoms with Gasteiger partial charge in [-0.05, 0) is 6.07 Å². The molecular weight excluding hydrogens is 182 g/mol. The largest absolute Gasteiger partial charge is 0.370 e. The molecule has 6 nitrogen and oxygen atoms in total. The molecule has 0 aliphatic rings. The second kappa shape index (κ2) is 4.77. The highest BCUT2D eigenvalue weighted by molar-refractivity contribution is 5.74. The van der Waals surface area contributed by atoms with Crippen LogP contribution in [-0.2, 0) is 4.79 Å². The highest BCUT2D eigenvalue weighted by Gasteiger charge is 1.98. The highest BCUT2D eigenvalue weighted by Crippen LogP contribution is 1.98. The first kappa shape index (κ1) is 9.92. The highest BCUT2D eigenvalue weighted by atomic mass is 16.1. The van der Waals surface area contributed by atoms with E-state index in [9.17, 15) is 4.79 Å². The van der Waals surface area contributed by atoms with Crippen molar-refractivity contribution in [2.24, 2.45) is 5.73 Å². The lowest BCUT2D eigenvalue weighted by atomic mass is 10.4. The average molecular weight is 191 g/mol. The standard InChI is InChI=1S/C8H9N5O/c9-5-6-1-3-11-8(13-6)12-4-2-7(10)14/h1,3H,2,4H2,(H2,10,14)(H,11,12,13). The topological polar surface area (TPSA) is 105 Å². The van der Waals surface area contributed by atoms with Crippen LogP contribution in [-0.4, -0.2) is 22.4 Å². The Morgan fingerprint density at radius 3 is 3.14 bits per heavy atom. The van der Waals surface area contributed by atoms with Crippen molar-refractivity contribution in [3.63, 3.8) is 0 Å². The molecule has 1 aromatic heterocycles. The number of nitrogens with zero attached hydrogens (tertiary/aromatic N) is 3. The number of rotatable bonds is 4. The molecule has 6 heteroatoms. The third kappa shape index (κ3) is 3.06. The van der Waals surface area contributed by atoms with Crippen molar-refractivity contribution in [1.82, 2.24) is 9.97 Å². The van der Waals surface area contributed by atoms with Gasteiger partial charge in [0.05, 0.1) is 0 Å². The number of hydrogen-bond donors (Lipinski definition) is 2. The maximum Gasteiger partial charge on any atom is 0.223 e. The molecule has 14 heavy (non-hydrogen) atoms. The lowest BCUT2D eigenvalue weighted by Gasteiger charge is -2.01. The van der Waals surface area contributed by atoms with Gasteiger partial charge in [-0.3, -0.25) is 4.79 Å². The number of aromatic nitrogens is 2. The summed E-state index contributed by atoms with van der Waals surface area (Å²) >= 11 is 0. The van der Waals surface area contributed by atoms with E-state index in [0.717, 1.165) is 0 Å². The number of anilines is 1. The maximum atomic E-state index is 10.4. The summed E-state index contributed by atoms with van der Waals surface area (Å²) < 4.78 is 0. The monoisotopic (exact) mass is 191 g/mol. The van der Waals surface area contributed by atoms with E-state index in [1.54, 1.807) is 0 Å². The average Bonchev–Trinajstić information content (AvgIpc) is 2.18. The summed E-state index contributed by atoms with van der Waals surface area (Å²) in [6, 6.07) is 3.38. The third-order valence-electron chi connectivity index (χ3n) is 1.42. The summed E-state index contributed by atoms with van der Waals surface area (Å²) in [6.45, 7) is 0.365. The summed E-state index contributed by atoms with van der Waals surface area (Å²) in [4.78, 5) is 18.1. The van der Waals surface area contributed by atoms with Gasteiger partial charge in [0.25, 0.3) is 0 Å². The lowest BCUT2D eigenvalue weighted by Crippen LogP contribution is -2.16. The molecule has 0 saturated carbocycles. The van der Waals surface area contributed by atoms with Crippen molar-refractivity contribution in [2.45, 2.75) is 6.42 Å². The fourth-order valence-corrected chi connectivity index (χ4v) is 0.804. The van der Waals surface area contributed by atoms with Gasteiger partial charge in [-0.1, -0.05) is 0 Å². The number of nitrogens with two attached hydrogens (primary N) is 1. The fourth-order valence-electron chi connectivity index (χ4n) is 0.804.